The van der Waals surface area contributed by atoms with Gasteiger partial charge in [0.2, 0.25) is 10.0 Å². The molecule has 0 heterocycles. The highest BCUT2D eigenvalue weighted by atomic mass is 32.2. The van der Waals surface area contributed by atoms with Crippen molar-refractivity contribution in [2.75, 3.05) is 19.5 Å². The maximum absolute atomic E-state index is 13.3. The van der Waals surface area contributed by atoms with Crippen LogP contribution in [0.4, 0.5) is 10.1 Å². The number of rotatable bonds is 5. The zero-order valence-electron chi connectivity index (χ0n) is 13.4. The lowest BCUT2D eigenvalue weighted by molar-refractivity contribution is 0.102. The van der Waals surface area contributed by atoms with E-state index >= 15 is 0 Å². The summed E-state index contributed by atoms with van der Waals surface area (Å²) < 4.78 is 44.6. The third kappa shape index (κ3) is 3.72. The van der Waals surface area contributed by atoms with Crippen molar-refractivity contribution in [1.82, 2.24) is 4.72 Å². The summed E-state index contributed by atoms with van der Waals surface area (Å²) in [6.07, 6.45) is 0. The first-order valence-corrected chi connectivity index (χ1v) is 8.46. The van der Waals surface area contributed by atoms with E-state index in [1.54, 1.807) is 6.92 Å². The molecule has 2 aromatic rings. The summed E-state index contributed by atoms with van der Waals surface area (Å²) >= 11 is 0. The summed E-state index contributed by atoms with van der Waals surface area (Å²) in [5, 5.41) is 2.57. The minimum atomic E-state index is -3.80. The number of halogens is 1. The number of ether oxygens (including phenoxy) is 1. The van der Waals surface area contributed by atoms with Crippen LogP contribution in [-0.4, -0.2) is 28.5 Å². The van der Waals surface area contributed by atoms with Gasteiger partial charge in [-0.3, -0.25) is 4.79 Å². The van der Waals surface area contributed by atoms with Crippen LogP contribution >= 0.6 is 0 Å². The molecule has 0 radical (unpaired) electrons. The molecule has 0 aliphatic carbocycles. The second-order valence-corrected chi connectivity index (χ2v) is 6.84. The Kier molecular flexibility index (Phi) is 5.20. The molecular weight excluding hydrogens is 335 g/mol. The van der Waals surface area contributed by atoms with Crippen molar-refractivity contribution in [2.24, 2.45) is 0 Å². The summed E-state index contributed by atoms with van der Waals surface area (Å²) in [6.45, 7) is 1.72. The van der Waals surface area contributed by atoms with E-state index < -0.39 is 21.7 Å². The van der Waals surface area contributed by atoms with E-state index in [4.69, 9.17) is 4.74 Å². The summed E-state index contributed by atoms with van der Waals surface area (Å²) in [6, 6.07) is 8.04. The van der Waals surface area contributed by atoms with E-state index in [0.717, 1.165) is 0 Å². The molecule has 6 nitrogen and oxygen atoms in total. The number of sulfonamides is 1. The van der Waals surface area contributed by atoms with Gasteiger partial charge >= 0.3 is 0 Å². The van der Waals surface area contributed by atoms with Gasteiger partial charge in [0.15, 0.2) is 0 Å². The Bertz CT molecular complexity index is 882. The van der Waals surface area contributed by atoms with Crippen LogP contribution in [0.25, 0.3) is 0 Å². The van der Waals surface area contributed by atoms with Gasteiger partial charge in [-0.1, -0.05) is 6.07 Å². The van der Waals surface area contributed by atoms with Crippen LogP contribution < -0.4 is 14.8 Å². The standard InChI is InChI=1S/C16H17FN2O4S/c1-10-4-6-12(17)9-13(10)19-16(20)11-5-7-14(23-3)15(8-11)24(21,22)18-2/h4-9,18H,1-3H3,(H,19,20). The number of carbonyl (C=O) groups excluding carboxylic acids is 1. The van der Waals surface area contributed by atoms with Gasteiger partial charge in [-0.25, -0.2) is 17.5 Å². The van der Waals surface area contributed by atoms with Crippen molar-refractivity contribution in [3.63, 3.8) is 0 Å². The first kappa shape index (κ1) is 17.9. The van der Waals surface area contributed by atoms with E-state index in [9.17, 15) is 17.6 Å². The van der Waals surface area contributed by atoms with Crippen LogP contribution in [-0.2, 0) is 10.0 Å². The molecular formula is C16H17FN2O4S. The molecule has 128 valence electrons. The molecule has 0 saturated carbocycles. The van der Waals surface area contributed by atoms with E-state index in [2.05, 4.69) is 10.0 Å². The maximum atomic E-state index is 13.3. The molecule has 0 aliphatic rings. The number of carbonyl (C=O) groups is 1. The zero-order valence-corrected chi connectivity index (χ0v) is 14.2. The van der Waals surface area contributed by atoms with E-state index in [-0.39, 0.29) is 16.2 Å². The molecule has 0 saturated heterocycles. The van der Waals surface area contributed by atoms with Gasteiger partial charge in [-0.05, 0) is 49.9 Å². The maximum Gasteiger partial charge on any atom is 0.255 e. The average Bonchev–Trinajstić information content (AvgIpc) is 2.57. The number of methoxy groups -OCH3 is 1. The van der Waals surface area contributed by atoms with Gasteiger partial charge in [0.1, 0.15) is 16.5 Å². The number of hydrogen-bond donors (Lipinski definition) is 2. The largest absolute Gasteiger partial charge is 0.495 e. The van der Waals surface area contributed by atoms with Gasteiger partial charge in [0, 0.05) is 11.3 Å². The SMILES string of the molecule is CNS(=O)(=O)c1cc(C(=O)Nc2cc(F)ccc2C)ccc1OC. The fraction of sp³-hybridized carbons (Fsp3) is 0.188. The summed E-state index contributed by atoms with van der Waals surface area (Å²) in [7, 11) is -1.20. The molecule has 24 heavy (non-hydrogen) atoms. The number of nitrogens with one attached hydrogen (secondary N) is 2. The Hall–Kier alpha value is -2.45. The van der Waals surface area contributed by atoms with Gasteiger partial charge in [0.25, 0.3) is 5.91 Å². The molecule has 0 spiro atoms. The van der Waals surface area contributed by atoms with Crippen LogP contribution in [0.2, 0.25) is 0 Å². The number of benzene rings is 2. The Labute approximate surface area is 139 Å². The van der Waals surface area contributed by atoms with Crippen molar-refractivity contribution in [2.45, 2.75) is 11.8 Å². The molecule has 0 aliphatic heterocycles. The van der Waals surface area contributed by atoms with Crippen LogP contribution in [0.1, 0.15) is 15.9 Å². The van der Waals surface area contributed by atoms with Gasteiger partial charge in [-0.15, -0.1) is 0 Å². The number of anilines is 1. The monoisotopic (exact) mass is 352 g/mol. The second-order valence-electron chi connectivity index (χ2n) is 4.99. The highest BCUT2D eigenvalue weighted by Gasteiger charge is 2.20. The highest BCUT2D eigenvalue weighted by Crippen LogP contribution is 2.25. The third-order valence-electron chi connectivity index (χ3n) is 3.43. The molecule has 0 aromatic heterocycles. The number of hydrogen-bond acceptors (Lipinski definition) is 4. The third-order valence-corrected chi connectivity index (χ3v) is 4.87. The summed E-state index contributed by atoms with van der Waals surface area (Å²) in [4.78, 5) is 12.2. The first-order valence-electron chi connectivity index (χ1n) is 6.97. The minimum absolute atomic E-state index is 0.105. The van der Waals surface area contributed by atoms with Gasteiger partial charge in [0.05, 0.1) is 7.11 Å². The summed E-state index contributed by atoms with van der Waals surface area (Å²) in [5.41, 5.74) is 1.10. The molecule has 0 unspecified atom stereocenters. The molecule has 2 rings (SSSR count). The average molecular weight is 352 g/mol. The predicted molar refractivity (Wildman–Crippen MR) is 88.3 cm³/mol. The van der Waals surface area contributed by atoms with Crippen molar-refractivity contribution in [3.05, 3.63) is 53.3 Å². The van der Waals surface area contributed by atoms with Crippen LogP contribution in [0.5, 0.6) is 5.75 Å². The first-order chi connectivity index (χ1) is 11.3. The number of amides is 1. The van der Waals surface area contributed by atoms with Crippen LogP contribution in [0.15, 0.2) is 41.3 Å². The zero-order chi connectivity index (χ0) is 17.9. The normalized spacial score (nSPS) is 11.2. The fourth-order valence-corrected chi connectivity index (χ4v) is 2.98. The molecule has 2 N–H and O–H groups in total. The van der Waals surface area contributed by atoms with Crippen molar-refractivity contribution >= 4 is 21.6 Å². The van der Waals surface area contributed by atoms with Gasteiger partial charge < -0.3 is 10.1 Å². The number of aryl methyl sites for hydroxylation is 1. The van der Waals surface area contributed by atoms with Crippen molar-refractivity contribution in [3.8, 4) is 5.75 Å². The van der Waals surface area contributed by atoms with E-state index in [1.165, 1.54) is 50.6 Å². The van der Waals surface area contributed by atoms with E-state index in [1.807, 2.05) is 0 Å². The molecule has 2 aromatic carbocycles. The topological polar surface area (TPSA) is 84.5 Å². The molecule has 0 fully saturated rings. The van der Waals surface area contributed by atoms with E-state index in [0.29, 0.717) is 11.3 Å². The highest BCUT2D eigenvalue weighted by molar-refractivity contribution is 7.89. The Morgan fingerprint density at radius 3 is 2.50 bits per heavy atom. The molecule has 0 bridgehead atoms. The smallest absolute Gasteiger partial charge is 0.255 e. The van der Waals surface area contributed by atoms with Gasteiger partial charge in [-0.2, -0.15) is 0 Å². The predicted octanol–water partition coefficient (Wildman–Crippen LogP) is 2.30. The van der Waals surface area contributed by atoms with Crippen LogP contribution in [0.3, 0.4) is 0 Å². The summed E-state index contributed by atoms with van der Waals surface area (Å²) in [5.74, 6) is -0.925. The second kappa shape index (κ2) is 6.98. The lowest BCUT2D eigenvalue weighted by atomic mass is 10.1. The van der Waals surface area contributed by atoms with Crippen LogP contribution in [0, 0.1) is 12.7 Å². The molecule has 8 heteroatoms. The molecule has 0 atom stereocenters. The quantitative estimate of drug-likeness (QED) is 0.865. The molecule has 1 amide bonds. The minimum Gasteiger partial charge on any atom is -0.495 e. The Balaban J connectivity index is 2.40. The van der Waals surface area contributed by atoms with Crippen molar-refractivity contribution in [1.29, 1.82) is 0 Å². The Morgan fingerprint density at radius 2 is 1.88 bits per heavy atom. The lowest BCUT2D eigenvalue weighted by Gasteiger charge is -2.12. The van der Waals surface area contributed by atoms with Crippen molar-refractivity contribution < 1.29 is 22.3 Å². The fourth-order valence-electron chi connectivity index (χ4n) is 2.06. The Morgan fingerprint density at radius 1 is 1.17 bits per heavy atom. The lowest BCUT2D eigenvalue weighted by Crippen LogP contribution is -2.20.